The van der Waals surface area contributed by atoms with Gasteiger partial charge in [0, 0.05) is 17.3 Å². The van der Waals surface area contributed by atoms with Crippen LogP contribution in [0.25, 0.3) is 10.2 Å². The Hall–Kier alpha value is -2.80. The number of fused-ring (bicyclic) bond motifs is 2. The monoisotopic (exact) mass is 370 g/mol. The summed E-state index contributed by atoms with van der Waals surface area (Å²) in [4.78, 5) is 24.7. The Morgan fingerprint density at radius 2 is 1.88 bits per heavy atom. The largest absolute Gasteiger partial charge is 0.486 e. The standard InChI is InChI=1S/C19H18N2O4S/c1-11(2)21-14-5-4-13(10-17(14)26-19(21)23)20-18(22)12-3-6-15-16(9-12)25-8-7-24-15/h3-6,9-11H,7-8H2,1-2H3,(H,20,22). The van der Waals surface area contributed by atoms with E-state index in [9.17, 15) is 9.59 Å². The van der Waals surface area contributed by atoms with E-state index in [4.69, 9.17) is 9.47 Å². The first kappa shape index (κ1) is 16.7. The van der Waals surface area contributed by atoms with Crippen LogP contribution in [0.2, 0.25) is 0 Å². The van der Waals surface area contributed by atoms with Crippen LogP contribution < -0.4 is 19.7 Å². The fraction of sp³-hybridized carbons (Fsp3) is 0.263. The summed E-state index contributed by atoms with van der Waals surface area (Å²) < 4.78 is 13.6. The number of anilines is 1. The van der Waals surface area contributed by atoms with Crippen LogP contribution in [0, 0.1) is 0 Å². The Kier molecular flexibility index (Phi) is 4.16. The number of hydrogen-bond acceptors (Lipinski definition) is 5. The van der Waals surface area contributed by atoms with Crippen LogP contribution in [0.5, 0.6) is 11.5 Å². The molecule has 1 aliphatic heterocycles. The van der Waals surface area contributed by atoms with Crippen molar-refractivity contribution in [2.75, 3.05) is 18.5 Å². The second-order valence-corrected chi connectivity index (χ2v) is 7.32. The summed E-state index contributed by atoms with van der Waals surface area (Å²) in [6.45, 7) is 4.94. The molecule has 0 saturated heterocycles. The summed E-state index contributed by atoms with van der Waals surface area (Å²) in [6.07, 6.45) is 0. The number of hydrogen-bond donors (Lipinski definition) is 1. The van der Waals surface area contributed by atoms with E-state index in [2.05, 4.69) is 5.32 Å². The third kappa shape index (κ3) is 2.94. The molecule has 3 aromatic rings. The molecule has 0 atom stereocenters. The molecule has 0 radical (unpaired) electrons. The quantitative estimate of drug-likeness (QED) is 0.764. The molecule has 2 aromatic carbocycles. The number of amides is 1. The van der Waals surface area contributed by atoms with Crippen molar-refractivity contribution >= 4 is 33.1 Å². The van der Waals surface area contributed by atoms with Gasteiger partial charge in [-0.05, 0) is 50.2 Å². The molecule has 2 heterocycles. The first-order valence-corrected chi connectivity index (χ1v) is 9.20. The number of rotatable bonds is 3. The number of carbonyl (C=O) groups is 1. The molecule has 1 N–H and O–H groups in total. The second kappa shape index (κ2) is 6.49. The van der Waals surface area contributed by atoms with Crippen molar-refractivity contribution in [3.63, 3.8) is 0 Å². The summed E-state index contributed by atoms with van der Waals surface area (Å²) in [5.41, 5.74) is 2.02. The van der Waals surface area contributed by atoms with Gasteiger partial charge >= 0.3 is 4.87 Å². The van der Waals surface area contributed by atoms with Crippen molar-refractivity contribution in [1.29, 1.82) is 0 Å². The smallest absolute Gasteiger partial charge is 0.308 e. The fourth-order valence-corrected chi connectivity index (χ4v) is 4.04. The molecule has 26 heavy (non-hydrogen) atoms. The number of ether oxygens (including phenoxy) is 2. The molecule has 0 fully saturated rings. The maximum Gasteiger partial charge on any atom is 0.308 e. The summed E-state index contributed by atoms with van der Waals surface area (Å²) in [6, 6.07) is 10.7. The molecule has 4 rings (SSSR count). The lowest BCUT2D eigenvalue weighted by Crippen LogP contribution is -2.17. The fourth-order valence-electron chi connectivity index (χ4n) is 2.99. The van der Waals surface area contributed by atoms with Gasteiger partial charge in [0.05, 0.1) is 10.2 Å². The third-order valence-corrected chi connectivity index (χ3v) is 5.11. The number of aromatic nitrogens is 1. The van der Waals surface area contributed by atoms with Gasteiger partial charge in [0.25, 0.3) is 5.91 Å². The lowest BCUT2D eigenvalue weighted by Gasteiger charge is -2.18. The molecule has 0 spiro atoms. The molecule has 134 valence electrons. The van der Waals surface area contributed by atoms with E-state index in [-0.39, 0.29) is 16.8 Å². The molecule has 1 aliphatic rings. The van der Waals surface area contributed by atoms with Crippen molar-refractivity contribution in [2.45, 2.75) is 19.9 Å². The summed E-state index contributed by atoms with van der Waals surface area (Å²) in [7, 11) is 0. The van der Waals surface area contributed by atoms with Gasteiger partial charge in [-0.2, -0.15) is 0 Å². The zero-order valence-electron chi connectivity index (χ0n) is 14.4. The lowest BCUT2D eigenvalue weighted by molar-refractivity contribution is 0.102. The first-order chi connectivity index (χ1) is 12.5. The highest BCUT2D eigenvalue weighted by atomic mass is 32.1. The normalized spacial score (nSPS) is 13.2. The molecule has 0 aliphatic carbocycles. The van der Waals surface area contributed by atoms with Crippen molar-refractivity contribution < 1.29 is 14.3 Å². The topological polar surface area (TPSA) is 69.6 Å². The van der Waals surface area contributed by atoms with Crippen molar-refractivity contribution in [3.8, 4) is 11.5 Å². The number of nitrogens with zero attached hydrogens (tertiary/aromatic N) is 1. The highest BCUT2D eigenvalue weighted by Crippen LogP contribution is 2.31. The van der Waals surface area contributed by atoms with Crippen molar-refractivity contribution in [3.05, 3.63) is 51.6 Å². The van der Waals surface area contributed by atoms with E-state index in [1.165, 1.54) is 11.3 Å². The summed E-state index contributed by atoms with van der Waals surface area (Å²) in [5.74, 6) is 0.984. The van der Waals surface area contributed by atoms with Crippen LogP contribution in [0.1, 0.15) is 30.2 Å². The minimum absolute atomic E-state index is 0.00492. The van der Waals surface area contributed by atoms with E-state index in [1.54, 1.807) is 22.8 Å². The molecule has 0 bridgehead atoms. The van der Waals surface area contributed by atoms with E-state index < -0.39 is 0 Å². The van der Waals surface area contributed by atoms with Gasteiger partial charge < -0.3 is 14.8 Å². The van der Waals surface area contributed by atoms with Gasteiger partial charge in [-0.3, -0.25) is 14.2 Å². The highest BCUT2D eigenvalue weighted by Gasteiger charge is 2.16. The molecule has 0 saturated carbocycles. The van der Waals surface area contributed by atoms with E-state index in [0.717, 1.165) is 10.2 Å². The van der Waals surface area contributed by atoms with E-state index >= 15 is 0 Å². The van der Waals surface area contributed by atoms with Crippen molar-refractivity contribution in [1.82, 2.24) is 4.57 Å². The van der Waals surface area contributed by atoms with E-state index in [1.807, 2.05) is 32.0 Å². The maximum absolute atomic E-state index is 12.5. The minimum Gasteiger partial charge on any atom is -0.486 e. The zero-order valence-corrected chi connectivity index (χ0v) is 15.3. The van der Waals surface area contributed by atoms with Crippen LogP contribution in [-0.2, 0) is 0 Å². The molecule has 1 aromatic heterocycles. The minimum atomic E-state index is -0.239. The highest BCUT2D eigenvalue weighted by molar-refractivity contribution is 7.16. The van der Waals surface area contributed by atoms with Gasteiger partial charge in [0.1, 0.15) is 13.2 Å². The van der Waals surface area contributed by atoms with Gasteiger partial charge in [0.2, 0.25) is 0 Å². The van der Waals surface area contributed by atoms with Crippen LogP contribution in [0.4, 0.5) is 5.69 Å². The number of carbonyl (C=O) groups excluding carboxylic acids is 1. The molecule has 0 unspecified atom stereocenters. The van der Waals surface area contributed by atoms with Crippen LogP contribution in [0.15, 0.2) is 41.2 Å². The summed E-state index contributed by atoms with van der Waals surface area (Å²) >= 11 is 1.18. The molecule has 1 amide bonds. The Bertz CT molecular complexity index is 1050. The van der Waals surface area contributed by atoms with Crippen molar-refractivity contribution in [2.24, 2.45) is 0 Å². The Labute approximate surface area is 154 Å². The number of nitrogens with one attached hydrogen (secondary N) is 1. The number of benzene rings is 2. The van der Waals surface area contributed by atoms with Crippen LogP contribution in [0.3, 0.4) is 0 Å². The molecular formula is C19H18N2O4S. The first-order valence-electron chi connectivity index (χ1n) is 8.39. The SMILES string of the molecule is CC(C)n1c(=O)sc2cc(NC(=O)c3ccc4c(c3)OCCO4)ccc21. The molecular weight excluding hydrogens is 352 g/mol. The average molecular weight is 370 g/mol. The lowest BCUT2D eigenvalue weighted by atomic mass is 10.1. The maximum atomic E-state index is 12.5. The zero-order chi connectivity index (χ0) is 18.3. The molecule has 6 nitrogen and oxygen atoms in total. The molecule has 7 heteroatoms. The Morgan fingerprint density at radius 1 is 1.12 bits per heavy atom. The van der Waals surface area contributed by atoms with Gasteiger partial charge in [0.15, 0.2) is 11.5 Å². The number of thiazole rings is 1. The predicted molar refractivity (Wildman–Crippen MR) is 102 cm³/mol. The van der Waals surface area contributed by atoms with Crippen LogP contribution >= 0.6 is 11.3 Å². The Morgan fingerprint density at radius 3 is 2.65 bits per heavy atom. The second-order valence-electron chi connectivity index (χ2n) is 6.33. The van der Waals surface area contributed by atoms with Crippen LogP contribution in [-0.4, -0.2) is 23.7 Å². The summed E-state index contributed by atoms with van der Waals surface area (Å²) in [5, 5.41) is 2.88. The third-order valence-electron chi connectivity index (χ3n) is 4.19. The Balaban J connectivity index is 1.61. The van der Waals surface area contributed by atoms with E-state index in [0.29, 0.717) is 36.0 Å². The van der Waals surface area contributed by atoms with Gasteiger partial charge in [-0.1, -0.05) is 11.3 Å². The average Bonchev–Trinajstić information content (AvgIpc) is 2.96. The van der Waals surface area contributed by atoms with Gasteiger partial charge in [-0.25, -0.2) is 0 Å². The van der Waals surface area contributed by atoms with Gasteiger partial charge in [-0.15, -0.1) is 0 Å². The predicted octanol–water partition coefficient (Wildman–Crippen LogP) is 3.67.